The second kappa shape index (κ2) is 8.12. The molecule has 1 aliphatic rings. The van der Waals surface area contributed by atoms with Gasteiger partial charge < -0.3 is 14.7 Å². The summed E-state index contributed by atoms with van der Waals surface area (Å²) in [6.07, 6.45) is 2.72. The van der Waals surface area contributed by atoms with Crippen LogP contribution < -0.4 is 4.74 Å². The fourth-order valence-electron chi connectivity index (χ4n) is 3.32. The summed E-state index contributed by atoms with van der Waals surface area (Å²) in [6, 6.07) is 13.2. The third-order valence-corrected chi connectivity index (χ3v) is 4.70. The normalized spacial score (nSPS) is 16.5. The molecule has 2 heterocycles. The van der Waals surface area contributed by atoms with Gasteiger partial charge in [0.1, 0.15) is 5.56 Å². The SMILES string of the molecule is CCOc1ncccc1C(=O)N1CCC(C(O)c2ccccc2)CC1. The second-order valence-electron chi connectivity index (χ2n) is 6.27. The number of nitrogens with zero attached hydrogens (tertiary/aromatic N) is 2. The lowest BCUT2D eigenvalue weighted by atomic mass is 9.87. The molecule has 132 valence electrons. The zero-order valence-electron chi connectivity index (χ0n) is 14.5. The molecule has 1 amide bonds. The summed E-state index contributed by atoms with van der Waals surface area (Å²) in [5.74, 6) is 0.511. The highest BCUT2D eigenvalue weighted by Crippen LogP contribution is 2.31. The Balaban J connectivity index is 1.63. The molecule has 1 atom stereocenters. The largest absolute Gasteiger partial charge is 0.477 e. The lowest BCUT2D eigenvalue weighted by molar-refractivity contribution is 0.0459. The van der Waals surface area contributed by atoms with Crippen molar-refractivity contribution in [2.24, 2.45) is 5.92 Å². The molecule has 25 heavy (non-hydrogen) atoms. The Labute approximate surface area is 148 Å². The molecule has 5 heteroatoms. The number of benzene rings is 1. The van der Waals surface area contributed by atoms with Crippen LogP contribution >= 0.6 is 0 Å². The van der Waals surface area contributed by atoms with Crippen molar-refractivity contribution in [3.63, 3.8) is 0 Å². The Kier molecular flexibility index (Phi) is 5.66. The first-order chi connectivity index (χ1) is 12.2. The molecule has 0 bridgehead atoms. The number of likely N-dealkylation sites (tertiary alicyclic amines) is 1. The van der Waals surface area contributed by atoms with Crippen molar-refractivity contribution in [1.82, 2.24) is 9.88 Å². The molecule has 0 aliphatic carbocycles. The van der Waals surface area contributed by atoms with Crippen LogP contribution in [-0.4, -0.2) is 40.6 Å². The molecule has 1 N–H and O–H groups in total. The van der Waals surface area contributed by atoms with Crippen LogP contribution in [0.4, 0.5) is 0 Å². The maximum Gasteiger partial charge on any atom is 0.259 e. The molecule has 1 unspecified atom stereocenters. The Morgan fingerprint density at radius 3 is 2.64 bits per heavy atom. The molecule has 1 aromatic heterocycles. The van der Waals surface area contributed by atoms with E-state index in [0.717, 1.165) is 18.4 Å². The van der Waals surface area contributed by atoms with Gasteiger partial charge in [-0.25, -0.2) is 4.98 Å². The molecule has 1 aromatic carbocycles. The van der Waals surface area contributed by atoms with E-state index < -0.39 is 6.10 Å². The number of aromatic nitrogens is 1. The molecule has 5 nitrogen and oxygen atoms in total. The molecule has 0 radical (unpaired) electrons. The van der Waals surface area contributed by atoms with Gasteiger partial charge in [0.25, 0.3) is 5.91 Å². The van der Waals surface area contributed by atoms with Crippen LogP contribution in [0.3, 0.4) is 0 Å². The minimum Gasteiger partial charge on any atom is -0.477 e. The summed E-state index contributed by atoms with van der Waals surface area (Å²) < 4.78 is 5.47. The standard InChI is InChI=1S/C20H24N2O3/c1-2-25-19-17(9-6-12-21-19)20(24)22-13-10-16(11-14-22)18(23)15-7-4-3-5-8-15/h3-9,12,16,18,23H,2,10-11,13-14H2,1H3. The van der Waals surface area contributed by atoms with Gasteiger partial charge in [-0.15, -0.1) is 0 Å². The predicted molar refractivity (Wildman–Crippen MR) is 95.4 cm³/mol. The first-order valence-electron chi connectivity index (χ1n) is 8.80. The molecule has 0 spiro atoms. The van der Waals surface area contributed by atoms with E-state index in [9.17, 15) is 9.90 Å². The number of hydrogen-bond acceptors (Lipinski definition) is 4. The number of hydrogen-bond donors (Lipinski definition) is 1. The summed E-state index contributed by atoms with van der Waals surface area (Å²) in [5.41, 5.74) is 1.45. The van der Waals surface area contributed by atoms with Crippen LogP contribution in [0.15, 0.2) is 48.7 Å². The summed E-state index contributed by atoms with van der Waals surface area (Å²) >= 11 is 0. The van der Waals surface area contributed by atoms with Crippen LogP contribution in [0.1, 0.15) is 41.8 Å². The maximum atomic E-state index is 12.8. The van der Waals surface area contributed by atoms with Gasteiger partial charge in [-0.2, -0.15) is 0 Å². The molecule has 2 aromatic rings. The minimum atomic E-state index is -0.476. The number of carbonyl (C=O) groups excluding carboxylic acids is 1. The molecule has 1 saturated heterocycles. The molecule has 1 fully saturated rings. The quantitative estimate of drug-likeness (QED) is 0.909. The van der Waals surface area contributed by atoms with Crippen LogP contribution in [0, 0.1) is 5.92 Å². The number of carbonyl (C=O) groups is 1. The van der Waals surface area contributed by atoms with Gasteiger partial charge in [0.15, 0.2) is 0 Å². The lowest BCUT2D eigenvalue weighted by Gasteiger charge is -2.34. The van der Waals surface area contributed by atoms with Crippen molar-refractivity contribution in [3.8, 4) is 5.88 Å². The highest BCUT2D eigenvalue weighted by atomic mass is 16.5. The number of pyridine rings is 1. The van der Waals surface area contributed by atoms with E-state index in [1.807, 2.05) is 42.2 Å². The second-order valence-corrected chi connectivity index (χ2v) is 6.27. The lowest BCUT2D eigenvalue weighted by Crippen LogP contribution is -2.40. The summed E-state index contributed by atoms with van der Waals surface area (Å²) in [4.78, 5) is 18.8. The average Bonchev–Trinajstić information content (AvgIpc) is 2.68. The molecule has 3 rings (SSSR count). The van der Waals surface area contributed by atoms with Gasteiger partial charge in [-0.05, 0) is 43.4 Å². The van der Waals surface area contributed by atoms with Crippen molar-refractivity contribution < 1.29 is 14.6 Å². The zero-order chi connectivity index (χ0) is 17.6. The highest BCUT2D eigenvalue weighted by molar-refractivity contribution is 5.96. The molecule has 0 saturated carbocycles. The van der Waals surface area contributed by atoms with E-state index in [1.54, 1.807) is 18.3 Å². The predicted octanol–water partition coefficient (Wildman–Crippen LogP) is 3.07. The smallest absolute Gasteiger partial charge is 0.259 e. The molecule has 1 aliphatic heterocycles. The number of aliphatic hydroxyl groups excluding tert-OH is 1. The van der Waals surface area contributed by atoms with E-state index >= 15 is 0 Å². The number of ether oxygens (including phenoxy) is 1. The van der Waals surface area contributed by atoms with Crippen molar-refractivity contribution in [2.45, 2.75) is 25.9 Å². The van der Waals surface area contributed by atoms with Crippen molar-refractivity contribution in [3.05, 3.63) is 59.8 Å². The van der Waals surface area contributed by atoms with E-state index in [0.29, 0.717) is 31.1 Å². The topological polar surface area (TPSA) is 62.7 Å². The van der Waals surface area contributed by atoms with E-state index in [1.165, 1.54) is 0 Å². The van der Waals surface area contributed by atoms with Gasteiger partial charge >= 0.3 is 0 Å². The number of rotatable bonds is 5. The Morgan fingerprint density at radius 2 is 1.96 bits per heavy atom. The van der Waals surface area contributed by atoms with Crippen molar-refractivity contribution >= 4 is 5.91 Å². The summed E-state index contributed by atoms with van der Waals surface area (Å²) in [5, 5.41) is 10.6. The zero-order valence-corrected chi connectivity index (χ0v) is 14.5. The first-order valence-corrected chi connectivity index (χ1v) is 8.80. The Hall–Kier alpha value is -2.40. The van der Waals surface area contributed by atoms with Gasteiger partial charge in [0.05, 0.1) is 12.7 Å². The Bertz CT molecular complexity index is 697. The van der Waals surface area contributed by atoms with E-state index in [-0.39, 0.29) is 11.8 Å². The van der Waals surface area contributed by atoms with Crippen molar-refractivity contribution in [1.29, 1.82) is 0 Å². The van der Waals surface area contributed by atoms with E-state index in [4.69, 9.17) is 4.74 Å². The highest BCUT2D eigenvalue weighted by Gasteiger charge is 2.29. The van der Waals surface area contributed by atoms with Crippen LogP contribution in [0.25, 0.3) is 0 Å². The fraction of sp³-hybridized carbons (Fsp3) is 0.400. The number of piperidine rings is 1. The number of amides is 1. The average molecular weight is 340 g/mol. The monoisotopic (exact) mass is 340 g/mol. The number of aliphatic hydroxyl groups is 1. The first kappa shape index (κ1) is 17.4. The molecular weight excluding hydrogens is 316 g/mol. The van der Waals surface area contributed by atoms with Gasteiger partial charge in [0.2, 0.25) is 5.88 Å². The summed E-state index contributed by atoms with van der Waals surface area (Å²) in [6.45, 7) is 3.61. The van der Waals surface area contributed by atoms with Gasteiger partial charge in [-0.1, -0.05) is 30.3 Å². The van der Waals surface area contributed by atoms with Gasteiger partial charge in [-0.3, -0.25) is 4.79 Å². The van der Waals surface area contributed by atoms with E-state index in [2.05, 4.69) is 4.98 Å². The van der Waals surface area contributed by atoms with Crippen LogP contribution in [0.5, 0.6) is 5.88 Å². The van der Waals surface area contributed by atoms with Gasteiger partial charge in [0, 0.05) is 19.3 Å². The Morgan fingerprint density at radius 1 is 1.24 bits per heavy atom. The molecular formula is C20H24N2O3. The fourth-order valence-corrected chi connectivity index (χ4v) is 3.32. The van der Waals surface area contributed by atoms with Crippen LogP contribution in [0.2, 0.25) is 0 Å². The maximum absolute atomic E-state index is 12.8. The third kappa shape index (κ3) is 3.99. The van der Waals surface area contributed by atoms with Crippen LogP contribution in [-0.2, 0) is 0 Å². The van der Waals surface area contributed by atoms with Crippen molar-refractivity contribution in [2.75, 3.05) is 19.7 Å². The minimum absolute atomic E-state index is 0.0517. The summed E-state index contributed by atoms with van der Waals surface area (Å²) in [7, 11) is 0. The third-order valence-electron chi connectivity index (χ3n) is 4.70.